The molecule has 4 rings (SSSR count). The Hall–Kier alpha value is -2.60. The summed E-state index contributed by atoms with van der Waals surface area (Å²) in [5.41, 5.74) is 6.41. The summed E-state index contributed by atoms with van der Waals surface area (Å²) in [4.78, 5) is 9.95. The van der Waals surface area contributed by atoms with Crippen molar-refractivity contribution in [3.63, 3.8) is 0 Å². The van der Waals surface area contributed by atoms with Gasteiger partial charge in [0.05, 0.1) is 0 Å². The van der Waals surface area contributed by atoms with Gasteiger partial charge in [0.2, 0.25) is 5.16 Å². The molecule has 0 aliphatic heterocycles. The minimum atomic E-state index is 0.729. The van der Waals surface area contributed by atoms with Crippen molar-refractivity contribution in [3.8, 4) is 22.5 Å². The molecular formula is C33H47N5S. The Labute approximate surface area is 240 Å². The van der Waals surface area contributed by atoms with Gasteiger partial charge in [0.1, 0.15) is 11.4 Å². The van der Waals surface area contributed by atoms with Gasteiger partial charge in [-0.2, -0.15) is 0 Å². The summed E-state index contributed by atoms with van der Waals surface area (Å²) in [7, 11) is 0. The van der Waals surface area contributed by atoms with Crippen molar-refractivity contribution >= 4 is 23.1 Å². The second-order valence-electron chi connectivity index (χ2n) is 11.0. The van der Waals surface area contributed by atoms with Crippen molar-refractivity contribution in [2.75, 3.05) is 41.7 Å². The molecule has 1 fully saturated rings. The molecule has 39 heavy (non-hydrogen) atoms. The lowest BCUT2D eigenvalue weighted by atomic mass is 9.94. The molecule has 5 nitrogen and oxygen atoms in total. The molecule has 0 radical (unpaired) electrons. The van der Waals surface area contributed by atoms with E-state index in [2.05, 4.69) is 105 Å². The van der Waals surface area contributed by atoms with Crippen LogP contribution in [0.4, 0.5) is 11.4 Å². The van der Waals surface area contributed by atoms with Gasteiger partial charge in [-0.3, -0.25) is 0 Å². The summed E-state index contributed by atoms with van der Waals surface area (Å²) in [6.07, 6.45) is 4.92. The molecule has 6 heteroatoms. The highest BCUT2D eigenvalue weighted by Gasteiger charge is 2.30. The third-order valence-corrected chi connectivity index (χ3v) is 9.52. The number of anilines is 2. The maximum Gasteiger partial charge on any atom is 0.209 e. The number of thioether (sulfide) groups is 1. The van der Waals surface area contributed by atoms with Crippen LogP contribution in [0.5, 0.6) is 0 Å². The van der Waals surface area contributed by atoms with E-state index in [1.807, 2.05) is 0 Å². The minimum absolute atomic E-state index is 0.729. The fourth-order valence-electron chi connectivity index (χ4n) is 5.81. The van der Waals surface area contributed by atoms with Crippen molar-refractivity contribution in [1.29, 1.82) is 0 Å². The van der Waals surface area contributed by atoms with E-state index in [9.17, 15) is 0 Å². The smallest absolute Gasteiger partial charge is 0.209 e. The normalized spacial score (nSPS) is 18.9. The molecule has 3 unspecified atom stereocenters. The number of benzene rings is 2. The second-order valence-corrected chi connectivity index (χ2v) is 12.0. The fourth-order valence-corrected chi connectivity index (χ4v) is 6.90. The van der Waals surface area contributed by atoms with Crippen LogP contribution in [0.2, 0.25) is 0 Å². The molecular weight excluding hydrogens is 498 g/mol. The average Bonchev–Trinajstić information content (AvgIpc) is 3.29. The standard InChI is InChI=1S/C33H47N5S/c1-7-21-38(22-8-2)30-19-15-27(16-20-30)32-31(26-13-17-29(18-14-26)37(9-3)10-4)34-33(36-35-32)39-23-28-12-11-24(5)25(28)6/h13-20,24-25,28H,7-12,21-23H2,1-6H3. The fraction of sp³-hybridized carbons (Fsp3) is 0.545. The third-order valence-electron chi connectivity index (χ3n) is 8.49. The first-order valence-corrected chi connectivity index (χ1v) is 16.1. The van der Waals surface area contributed by atoms with E-state index < -0.39 is 0 Å². The summed E-state index contributed by atoms with van der Waals surface area (Å²) < 4.78 is 0. The molecule has 0 spiro atoms. The van der Waals surface area contributed by atoms with E-state index in [1.54, 1.807) is 11.8 Å². The van der Waals surface area contributed by atoms with E-state index in [0.29, 0.717) is 0 Å². The highest BCUT2D eigenvalue weighted by molar-refractivity contribution is 7.99. The van der Waals surface area contributed by atoms with E-state index in [-0.39, 0.29) is 0 Å². The van der Waals surface area contributed by atoms with Gasteiger partial charge in [-0.25, -0.2) is 4.98 Å². The molecule has 210 valence electrons. The summed E-state index contributed by atoms with van der Waals surface area (Å²) >= 11 is 1.77. The Morgan fingerprint density at radius 2 is 1.28 bits per heavy atom. The Morgan fingerprint density at radius 1 is 0.718 bits per heavy atom. The first-order chi connectivity index (χ1) is 19.0. The van der Waals surface area contributed by atoms with Crippen LogP contribution in [0.3, 0.4) is 0 Å². The SMILES string of the molecule is CCCN(CCC)c1ccc(-c2nnc(SCC3CCC(C)C3C)nc2-c2ccc(N(CC)CC)cc2)cc1. The van der Waals surface area contributed by atoms with Crippen LogP contribution in [-0.2, 0) is 0 Å². The number of aromatic nitrogens is 3. The summed E-state index contributed by atoms with van der Waals surface area (Å²) in [6.45, 7) is 17.8. The van der Waals surface area contributed by atoms with Crippen LogP contribution in [0.1, 0.15) is 67.2 Å². The van der Waals surface area contributed by atoms with Gasteiger partial charge in [-0.15, -0.1) is 10.2 Å². The van der Waals surface area contributed by atoms with E-state index in [1.165, 1.54) is 24.2 Å². The van der Waals surface area contributed by atoms with Crippen molar-refractivity contribution in [2.45, 2.75) is 72.4 Å². The highest BCUT2D eigenvalue weighted by Crippen LogP contribution is 2.39. The lowest BCUT2D eigenvalue weighted by Gasteiger charge is -2.24. The Kier molecular flexibility index (Phi) is 10.7. The molecule has 3 atom stereocenters. The van der Waals surface area contributed by atoms with Crippen molar-refractivity contribution < 1.29 is 0 Å². The quantitative estimate of drug-likeness (QED) is 0.201. The molecule has 0 amide bonds. The maximum atomic E-state index is 5.12. The Bertz CT molecular complexity index is 1150. The topological polar surface area (TPSA) is 45.2 Å². The number of hydrogen-bond acceptors (Lipinski definition) is 6. The van der Waals surface area contributed by atoms with Gasteiger partial charge in [0.15, 0.2) is 0 Å². The van der Waals surface area contributed by atoms with Gasteiger partial charge < -0.3 is 9.80 Å². The minimum Gasteiger partial charge on any atom is -0.372 e. The van der Waals surface area contributed by atoms with Crippen LogP contribution in [0.25, 0.3) is 22.5 Å². The molecule has 1 aliphatic carbocycles. The van der Waals surface area contributed by atoms with Gasteiger partial charge in [0, 0.05) is 54.4 Å². The zero-order chi connectivity index (χ0) is 27.8. The van der Waals surface area contributed by atoms with E-state index >= 15 is 0 Å². The van der Waals surface area contributed by atoms with Crippen LogP contribution in [0, 0.1) is 17.8 Å². The predicted molar refractivity (Wildman–Crippen MR) is 169 cm³/mol. The zero-order valence-electron chi connectivity index (χ0n) is 24.9. The predicted octanol–water partition coefficient (Wildman–Crippen LogP) is 8.45. The van der Waals surface area contributed by atoms with Gasteiger partial charge in [-0.05, 0) is 75.1 Å². The monoisotopic (exact) mass is 545 g/mol. The average molecular weight is 546 g/mol. The molecule has 0 N–H and O–H groups in total. The highest BCUT2D eigenvalue weighted by atomic mass is 32.2. The van der Waals surface area contributed by atoms with Crippen molar-refractivity contribution in [2.24, 2.45) is 17.8 Å². The van der Waals surface area contributed by atoms with E-state index in [0.717, 1.165) is 90.2 Å². The first-order valence-electron chi connectivity index (χ1n) is 15.1. The molecule has 1 saturated carbocycles. The number of rotatable bonds is 13. The lowest BCUT2D eigenvalue weighted by molar-refractivity contribution is 0.384. The Morgan fingerprint density at radius 3 is 1.79 bits per heavy atom. The number of nitrogens with zero attached hydrogens (tertiary/aromatic N) is 5. The molecule has 1 aliphatic rings. The molecule has 0 bridgehead atoms. The van der Waals surface area contributed by atoms with E-state index in [4.69, 9.17) is 10.1 Å². The molecule has 1 aromatic heterocycles. The summed E-state index contributed by atoms with van der Waals surface area (Å²) in [5.74, 6) is 3.36. The maximum absolute atomic E-state index is 5.12. The van der Waals surface area contributed by atoms with Crippen molar-refractivity contribution in [1.82, 2.24) is 15.2 Å². The summed E-state index contributed by atoms with van der Waals surface area (Å²) in [6, 6.07) is 17.6. The zero-order valence-corrected chi connectivity index (χ0v) is 25.7. The lowest BCUT2D eigenvalue weighted by Crippen LogP contribution is -2.24. The first kappa shape index (κ1) is 29.4. The van der Waals surface area contributed by atoms with Crippen LogP contribution < -0.4 is 9.80 Å². The molecule has 3 aromatic rings. The Balaban J connectivity index is 1.65. The second kappa shape index (κ2) is 14.2. The number of hydrogen-bond donors (Lipinski definition) is 0. The molecule has 2 aromatic carbocycles. The van der Waals surface area contributed by atoms with Crippen LogP contribution >= 0.6 is 11.8 Å². The largest absolute Gasteiger partial charge is 0.372 e. The van der Waals surface area contributed by atoms with Gasteiger partial charge in [-0.1, -0.05) is 70.1 Å². The molecule has 1 heterocycles. The third kappa shape index (κ3) is 7.13. The van der Waals surface area contributed by atoms with Crippen LogP contribution in [0.15, 0.2) is 53.7 Å². The molecule has 0 saturated heterocycles. The van der Waals surface area contributed by atoms with Gasteiger partial charge in [0.25, 0.3) is 0 Å². The van der Waals surface area contributed by atoms with Crippen molar-refractivity contribution in [3.05, 3.63) is 48.5 Å². The van der Waals surface area contributed by atoms with Crippen LogP contribution in [-0.4, -0.2) is 47.1 Å². The summed E-state index contributed by atoms with van der Waals surface area (Å²) in [5, 5.41) is 10.2. The van der Waals surface area contributed by atoms with Gasteiger partial charge >= 0.3 is 0 Å².